The molecule has 0 bridgehead atoms. The Bertz CT molecular complexity index is 1290. The summed E-state index contributed by atoms with van der Waals surface area (Å²) < 4.78 is 27.9. The van der Waals surface area contributed by atoms with Crippen molar-refractivity contribution in [3.63, 3.8) is 0 Å². The van der Waals surface area contributed by atoms with Gasteiger partial charge in [-0.25, -0.2) is 8.78 Å². The fourth-order valence-corrected chi connectivity index (χ4v) is 5.45. The van der Waals surface area contributed by atoms with Crippen LogP contribution in [0.4, 0.5) is 20.2 Å². The molecule has 4 rings (SSSR count). The Hall–Kier alpha value is -2.87. The molecular weight excluding hydrogens is 624 g/mol. The van der Waals surface area contributed by atoms with Crippen molar-refractivity contribution in [1.29, 1.82) is 0 Å². The lowest BCUT2D eigenvalue weighted by Crippen LogP contribution is -2.46. The number of H-pyrrole nitrogens is 1. The Morgan fingerprint density at radius 3 is 2.43 bits per heavy atom. The summed E-state index contributed by atoms with van der Waals surface area (Å²) >= 11 is 6.37. The van der Waals surface area contributed by atoms with E-state index in [0.29, 0.717) is 28.5 Å². The van der Waals surface area contributed by atoms with E-state index in [1.807, 2.05) is 0 Å². The zero-order valence-electron chi connectivity index (χ0n) is 19.4. The molecule has 2 amide bonds. The number of piperidine rings is 2. The van der Waals surface area contributed by atoms with Crippen molar-refractivity contribution in [2.24, 2.45) is 0 Å². The van der Waals surface area contributed by atoms with Crippen LogP contribution in [-0.2, 0) is 0 Å². The third-order valence-corrected chi connectivity index (χ3v) is 7.29. The summed E-state index contributed by atoms with van der Waals surface area (Å²) in [6.07, 6.45) is 0.202. The fourth-order valence-electron chi connectivity index (χ4n) is 4.56. The van der Waals surface area contributed by atoms with Crippen LogP contribution in [-0.4, -0.2) is 69.7 Å². The molecule has 2 saturated heterocycles. The first-order valence-corrected chi connectivity index (χ1v) is 13.1. The second-order valence-electron chi connectivity index (χ2n) is 9.07. The minimum atomic E-state index is -2.85. The highest BCUT2D eigenvalue weighted by Crippen LogP contribution is 2.36. The highest BCUT2D eigenvalue weighted by atomic mass is 79.9. The zero-order chi connectivity index (χ0) is 26.9. The largest absolute Gasteiger partial charge is 0.374 e. The summed E-state index contributed by atoms with van der Waals surface area (Å²) in [7, 11) is 0. The predicted octanol–water partition coefficient (Wildman–Crippen LogP) is 4.40. The van der Waals surface area contributed by atoms with Gasteiger partial charge in [0.1, 0.15) is 5.69 Å². The Morgan fingerprint density at radius 2 is 1.78 bits per heavy atom. The van der Waals surface area contributed by atoms with E-state index in [4.69, 9.17) is 0 Å². The predicted molar refractivity (Wildman–Crippen MR) is 138 cm³/mol. The maximum Gasteiger partial charge on any atom is 0.294 e. The lowest BCUT2D eigenvalue weighted by molar-refractivity contribution is -0.384. The van der Waals surface area contributed by atoms with Gasteiger partial charge in [0.2, 0.25) is 5.56 Å². The van der Waals surface area contributed by atoms with Crippen LogP contribution >= 0.6 is 31.9 Å². The molecule has 3 heterocycles. The number of amides is 2. The van der Waals surface area contributed by atoms with Crippen LogP contribution in [0.15, 0.2) is 38.1 Å². The Kier molecular flexibility index (Phi) is 7.97. The van der Waals surface area contributed by atoms with E-state index in [1.165, 1.54) is 29.2 Å². The number of rotatable bonds is 5. The van der Waals surface area contributed by atoms with Crippen LogP contribution in [0.25, 0.3) is 0 Å². The third-order valence-electron chi connectivity index (χ3n) is 6.41. The monoisotopic (exact) mass is 645 g/mol. The Balaban J connectivity index is 1.60. The molecule has 2 aliphatic rings. The lowest BCUT2D eigenvalue weighted by Gasteiger charge is -2.35. The molecule has 1 aromatic heterocycles. The summed E-state index contributed by atoms with van der Waals surface area (Å²) in [6.45, 7) is 0.282. The van der Waals surface area contributed by atoms with Gasteiger partial charge in [-0.3, -0.25) is 24.5 Å². The van der Waals surface area contributed by atoms with Gasteiger partial charge in [-0.1, -0.05) is 15.9 Å². The summed E-state index contributed by atoms with van der Waals surface area (Å²) in [6, 6.07) is 4.97. The van der Waals surface area contributed by atoms with Gasteiger partial charge in [0.25, 0.3) is 23.4 Å². The number of hydrogen-bond acceptors (Lipinski definition) is 6. The molecule has 37 heavy (non-hydrogen) atoms. The number of aromatic nitrogens is 1. The highest BCUT2D eigenvalue weighted by molar-refractivity contribution is 9.10. The average molecular weight is 647 g/mol. The van der Waals surface area contributed by atoms with Gasteiger partial charge >= 0.3 is 0 Å². The minimum Gasteiger partial charge on any atom is -0.374 e. The minimum absolute atomic E-state index is 0.00624. The SMILES string of the molecule is O=C(c1cc(Br)[nH]c(=O)c1)N1CCC[C@@H](Nc2c(C(=O)N3CCC(F)(F)CC3)cc(Br)cc2[N+](=O)[O-])C1. The smallest absolute Gasteiger partial charge is 0.294 e. The van der Waals surface area contributed by atoms with Crippen molar-refractivity contribution in [3.8, 4) is 0 Å². The van der Waals surface area contributed by atoms with E-state index in [-0.39, 0.29) is 48.0 Å². The number of carbonyl (C=O) groups is 2. The fraction of sp³-hybridized carbons (Fsp3) is 0.435. The van der Waals surface area contributed by atoms with Crippen LogP contribution < -0.4 is 10.9 Å². The maximum absolute atomic E-state index is 13.6. The first-order valence-electron chi connectivity index (χ1n) is 11.5. The van der Waals surface area contributed by atoms with Crippen molar-refractivity contribution < 1.29 is 23.3 Å². The molecule has 2 N–H and O–H groups in total. The molecule has 2 aromatic rings. The molecule has 0 radical (unpaired) electrons. The van der Waals surface area contributed by atoms with E-state index in [9.17, 15) is 33.3 Å². The normalized spacial score (nSPS) is 19.4. The number of halogens is 4. The molecule has 0 unspecified atom stereocenters. The number of nitrogens with one attached hydrogen (secondary N) is 2. The van der Waals surface area contributed by atoms with Crippen LogP contribution in [0.2, 0.25) is 0 Å². The first-order chi connectivity index (χ1) is 17.4. The second-order valence-corrected chi connectivity index (χ2v) is 10.8. The van der Waals surface area contributed by atoms with Gasteiger partial charge in [-0.05, 0) is 40.9 Å². The van der Waals surface area contributed by atoms with Crippen molar-refractivity contribution in [3.05, 3.63) is 64.9 Å². The molecular formula is C23H23Br2F2N5O5. The van der Waals surface area contributed by atoms with Crippen LogP contribution in [0.3, 0.4) is 0 Å². The van der Waals surface area contributed by atoms with Gasteiger partial charge in [0, 0.05) is 67.2 Å². The number of aromatic amines is 1. The van der Waals surface area contributed by atoms with E-state index in [2.05, 4.69) is 42.2 Å². The number of nitro groups is 1. The number of benzene rings is 1. The topological polar surface area (TPSA) is 129 Å². The molecule has 198 valence electrons. The highest BCUT2D eigenvalue weighted by Gasteiger charge is 2.37. The molecule has 2 fully saturated rings. The first kappa shape index (κ1) is 27.2. The van der Waals surface area contributed by atoms with Crippen molar-refractivity contribution >= 4 is 55.0 Å². The van der Waals surface area contributed by atoms with E-state index >= 15 is 0 Å². The van der Waals surface area contributed by atoms with Gasteiger partial charge < -0.3 is 20.1 Å². The maximum atomic E-state index is 13.6. The summed E-state index contributed by atoms with van der Waals surface area (Å²) in [4.78, 5) is 54.8. The number of hydrogen-bond donors (Lipinski definition) is 2. The van der Waals surface area contributed by atoms with Crippen LogP contribution in [0, 0.1) is 10.1 Å². The van der Waals surface area contributed by atoms with Gasteiger partial charge in [-0.15, -0.1) is 0 Å². The lowest BCUT2D eigenvalue weighted by atomic mass is 10.0. The molecule has 14 heteroatoms. The van der Waals surface area contributed by atoms with Gasteiger partial charge in [-0.2, -0.15) is 0 Å². The molecule has 0 saturated carbocycles. The molecule has 1 atom stereocenters. The Labute approximate surface area is 226 Å². The third kappa shape index (κ3) is 6.35. The number of anilines is 1. The van der Waals surface area contributed by atoms with Crippen LogP contribution in [0.5, 0.6) is 0 Å². The molecule has 2 aliphatic heterocycles. The molecule has 10 nitrogen and oxygen atoms in total. The quantitative estimate of drug-likeness (QED) is 0.282. The van der Waals surface area contributed by atoms with Crippen molar-refractivity contribution in [2.75, 3.05) is 31.5 Å². The summed E-state index contributed by atoms with van der Waals surface area (Å²) in [5, 5.41) is 15.0. The van der Waals surface area contributed by atoms with E-state index < -0.39 is 41.2 Å². The molecule has 0 spiro atoms. The summed E-state index contributed by atoms with van der Waals surface area (Å²) in [5.74, 6) is -3.80. The number of alkyl halides is 2. The second kappa shape index (κ2) is 10.9. The van der Waals surface area contributed by atoms with Crippen molar-refractivity contribution in [1.82, 2.24) is 14.8 Å². The van der Waals surface area contributed by atoms with Gasteiger partial charge in [0.05, 0.1) is 15.1 Å². The van der Waals surface area contributed by atoms with E-state index in [0.717, 1.165) is 0 Å². The number of nitrogens with zero attached hydrogens (tertiary/aromatic N) is 3. The number of likely N-dealkylation sites (tertiary alicyclic amines) is 2. The Morgan fingerprint density at radius 1 is 1.08 bits per heavy atom. The van der Waals surface area contributed by atoms with Crippen LogP contribution in [0.1, 0.15) is 46.4 Å². The number of nitro benzene ring substituents is 1. The standard InChI is InChI=1S/C23H23Br2F2N5O5/c24-14-10-16(22(35)30-6-3-23(26,27)4-7-30)20(17(11-14)32(36)37)28-15-2-1-5-31(12-15)21(34)13-8-18(25)29-19(33)9-13/h8-11,15,28H,1-7,12H2,(H,29,33)/t15-/m1/s1. The summed E-state index contributed by atoms with van der Waals surface area (Å²) in [5.41, 5.74) is -0.610. The van der Waals surface area contributed by atoms with Crippen molar-refractivity contribution in [2.45, 2.75) is 37.6 Å². The number of pyridine rings is 1. The molecule has 0 aliphatic carbocycles. The van der Waals surface area contributed by atoms with Gasteiger partial charge in [0.15, 0.2) is 0 Å². The average Bonchev–Trinajstić information content (AvgIpc) is 2.83. The number of carbonyl (C=O) groups excluding carboxylic acids is 2. The zero-order valence-corrected chi connectivity index (χ0v) is 22.6. The molecule has 1 aromatic carbocycles. The van der Waals surface area contributed by atoms with E-state index in [1.54, 1.807) is 4.90 Å².